The van der Waals surface area contributed by atoms with Crippen LogP contribution in [0.2, 0.25) is 0 Å². The lowest BCUT2D eigenvalue weighted by atomic mass is 10.1. The number of benzene rings is 2. The molecule has 0 aliphatic rings. The van der Waals surface area contributed by atoms with Gasteiger partial charge in [-0.3, -0.25) is 0 Å². The topological polar surface area (TPSA) is 41.9 Å². The summed E-state index contributed by atoms with van der Waals surface area (Å²) in [5.74, 6) is 0. The van der Waals surface area contributed by atoms with Gasteiger partial charge in [0.15, 0.2) is 5.11 Å². The van der Waals surface area contributed by atoms with E-state index >= 15 is 0 Å². The summed E-state index contributed by atoms with van der Waals surface area (Å²) in [6.07, 6.45) is 0. The van der Waals surface area contributed by atoms with Crippen LogP contribution >= 0.6 is 12.2 Å². The summed E-state index contributed by atoms with van der Waals surface area (Å²) < 4.78 is 2.28. The van der Waals surface area contributed by atoms with E-state index < -0.39 is 0 Å². The van der Waals surface area contributed by atoms with E-state index in [9.17, 15) is 0 Å². The van der Waals surface area contributed by atoms with Crippen molar-refractivity contribution in [3.05, 3.63) is 71.4 Å². The molecule has 2 heterocycles. The van der Waals surface area contributed by atoms with Gasteiger partial charge in [0.2, 0.25) is 0 Å². The summed E-state index contributed by atoms with van der Waals surface area (Å²) in [6.45, 7) is 7.79. The van der Waals surface area contributed by atoms with E-state index in [0.29, 0.717) is 5.11 Å². The first-order valence-electron chi connectivity index (χ1n) is 9.49. The van der Waals surface area contributed by atoms with Gasteiger partial charge in [-0.25, -0.2) is 4.98 Å². The van der Waals surface area contributed by atoms with Crippen molar-refractivity contribution in [1.29, 1.82) is 0 Å². The standard InChI is InChI=1S/C23H24N4S/c1-15-8-10-18(11-9-15)26-23(28)24-12-13-27-20-7-5-4-6-19(20)21-16(2)14-17(3)25-22(21)27/h4-11,14H,12-13H2,1-3H3,(H2,24,26,28). The summed E-state index contributed by atoms with van der Waals surface area (Å²) >= 11 is 5.45. The molecule has 4 aromatic rings. The van der Waals surface area contributed by atoms with E-state index in [2.05, 4.69) is 71.5 Å². The number of para-hydroxylation sites is 1. The van der Waals surface area contributed by atoms with E-state index in [1.54, 1.807) is 0 Å². The molecule has 0 bridgehead atoms. The normalized spacial score (nSPS) is 11.1. The Morgan fingerprint density at radius 3 is 2.57 bits per heavy atom. The van der Waals surface area contributed by atoms with Gasteiger partial charge >= 0.3 is 0 Å². The van der Waals surface area contributed by atoms with Crippen LogP contribution < -0.4 is 10.6 Å². The Bertz CT molecular complexity index is 1160. The highest BCUT2D eigenvalue weighted by Gasteiger charge is 2.13. The minimum atomic E-state index is 0.630. The molecular formula is C23H24N4S. The van der Waals surface area contributed by atoms with Crippen LogP contribution in [-0.4, -0.2) is 21.2 Å². The number of thiocarbonyl (C=S) groups is 1. The fourth-order valence-electron chi connectivity index (χ4n) is 3.70. The second kappa shape index (κ2) is 7.60. The molecule has 0 radical (unpaired) electrons. The first-order chi connectivity index (χ1) is 13.5. The highest BCUT2D eigenvalue weighted by Crippen LogP contribution is 2.30. The maximum atomic E-state index is 5.45. The first kappa shape index (κ1) is 18.4. The second-order valence-corrected chi connectivity index (χ2v) is 7.60. The molecule has 0 spiro atoms. The maximum Gasteiger partial charge on any atom is 0.170 e. The molecule has 0 saturated heterocycles. The van der Waals surface area contributed by atoms with Crippen LogP contribution in [0.5, 0.6) is 0 Å². The van der Waals surface area contributed by atoms with Crippen LogP contribution in [0.25, 0.3) is 21.9 Å². The number of aromatic nitrogens is 2. The van der Waals surface area contributed by atoms with Gasteiger partial charge in [-0.1, -0.05) is 35.9 Å². The molecule has 0 saturated carbocycles. The van der Waals surface area contributed by atoms with E-state index in [1.807, 2.05) is 19.1 Å². The van der Waals surface area contributed by atoms with Crippen LogP contribution in [0.15, 0.2) is 54.6 Å². The van der Waals surface area contributed by atoms with Crippen molar-refractivity contribution >= 4 is 45.0 Å². The van der Waals surface area contributed by atoms with E-state index in [0.717, 1.165) is 30.1 Å². The smallest absolute Gasteiger partial charge is 0.170 e. The van der Waals surface area contributed by atoms with Crippen molar-refractivity contribution in [2.45, 2.75) is 27.3 Å². The molecule has 0 aliphatic heterocycles. The Morgan fingerprint density at radius 2 is 1.79 bits per heavy atom. The molecule has 5 heteroatoms. The van der Waals surface area contributed by atoms with Crippen LogP contribution in [0, 0.1) is 20.8 Å². The molecule has 2 aromatic carbocycles. The number of rotatable bonds is 4. The van der Waals surface area contributed by atoms with Crippen molar-refractivity contribution < 1.29 is 0 Å². The Kier molecular flexibility index (Phi) is 5.01. The molecule has 2 N–H and O–H groups in total. The van der Waals surface area contributed by atoms with Gasteiger partial charge in [0, 0.05) is 35.2 Å². The predicted octanol–water partition coefficient (Wildman–Crippen LogP) is 5.10. The fourth-order valence-corrected chi connectivity index (χ4v) is 3.92. The van der Waals surface area contributed by atoms with E-state index in [1.165, 1.54) is 27.4 Å². The fraction of sp³-hybridized carbons (Fsp3) is 0.217. The monoisotopic (exact) mass is 388 g/mol. The zero-order chi connectivity index (χ0) is 19.7. The van der Waals surface area contributed by atoms with Crippen molar-refractivity contribution in [1.82, 2.24) is 14.9 Å². The zero-order valence-corrected chi connectivity index (χ0v) is 17.2. The van der Waals surface area contributed by atoms with Crippen LogP contribution in [0.4, 0.5) is 5.69 Å². The third-order valence-electron chi connectivity index (χ3n) is 4.98. The lowest BCUT2D eigenvalue weighted by molar-refractivity contribution is 0.710. The highest BCUT2D eigenvalue weighted by atomic mass is 32.1. The van der Waals surface area contributed by atoms with Crippen LogP contribution in [0.3, 0.4) is 0 Å². The van der Waals surface area contributed by atoms with Gasteiger partial charge < -0.3 is 15.2 Å². The summed E-state index contributed by atoms with van der Waals surface area (Å²) in [6, 6.07) is 18.9. The number of anilines is 1. The lowest BCUT2D eigenvalue weighted by Gasteiger charge is -2.12. The van der Waals surface area contributed by atoms with E-state index in [-0.39, 0.29) is 0 Å². The van der Waals surface area contributed by atoms with Crippen molar-refractivity contribution in [2.24, 2.45) is 0 Å². The lowest BCUT2D eigenvalue weighted by Crippen LogP contribution is -2.31. The third kappa shape index (κ3) is 3.58. The first-order valence-corrected chi connectivity index (χ1v) is 9.90. The molecule has 0 aliphatic carbocycles. The SMILES string of the molecule is Cc1ccc(NC(=S)NCCn2c3ccccc3c3c(C)cc(C)nc32)cc1. The van der Waals surface area contributed by atoms with Gasteiger partial charge in [-0.05, 0) is 62.8 Å². The van der Waals surface area contributed by atoms with Crippen LogP contribution in [-0.2, 0) is 6.54 Å². The molecule has 0 unspecified atom stereocenters. The molecule has 4 nitrogen and oxygen atoms in total. The van der Waals surface area contributed by atoms with Crippen molar-refractivity contribution in [2.75, 3.05) is 11.9 Å². The molecule has 28 heavy (non-hydrogen) atoms. The Hall–Kier alpha value is -2.92. The second-order valence-electron chi connectivity index (χ2n) is 7.19. The Balaban J connectivity index is 1.54. The van der Waals surface area contributed by atoms with Gasteiger partial charge in [-0.2, -0.15) is 0 Å². The van der Waals surface area contributed by atoms with Gasteiger partial charge in [0.1, 0.15) is 5.65 Å². The number of nitrogens with one attached hydrogen (secondary N) is 2. The molecule has 142 valence electrons. The number of hydrogen-bond donors (Lipinski definition) is 2. The number of nitrogens with zero attached hydrogens (tertiary/aromatic N) is 2. The molecule has 0 amide bonds. The number of pyridine rings is 1. The number of aryl methyl sites for hydroxylation is 3. The molecule has 0 fully saturated rings. The minimum absolute atomic E-state index is 0.630. The molecule has 4 rings (SSSR count). The van der Waals surface area contributed by atoms with Crippen molar-refractivity contribution in [3.8, 4) is 0 Å². The van der Waals surface area contributed by atoms with Crippen molar-refractivity contribution in [3.63, 3.8) is 0 Å². The Labute approximate surface area is 170 Å². The van der Waals surface area contributed by atoms with E-state index in [4.69, 9.17) is 17.2 Å². The summed E-state index contributed by atoms with van der Waals surface area (Å²) in [7, 11) is 0. The zero-order valence-electron chi connectivity index (χ0n) is 16.4. The molecule has 0 atom stereocenters. The minimum Gasteiger partial charge on any atom is -0.361 e. The molecule has 2 aromatic heterocycles. The molecular weight excluding hydrogens is 364 g/mol. The van der Waals surface area contributed by atoms with Gasteiger partial charge in [0.25, 0.3) is 0 Å². The van der Waals surface area contributed by atoms with Crippen LogP contribution in [0.1, 0.15) is 16.8 Å². The quantitative estimate of drug-likeness (QED) is 0.477. The average molecular weight is 389 g/mol. The number of hydrogen-bond acceptors (Lipinski definition) is 2. The Morgan fingerprint density at radius 1 is 1.04 bits per heavy atom. The van der Waals surface area contributed by atoms with Gasteiger partial charge in [-0.15, -0.1) is 0 Å². The summed E-state index contributed by atoms with van der Waals surface area (Å²) in [5.41, 5.74) is 6.78. The predicted molar refractivity (Wildman–Crippen MR) is 122 cm³/mol. The highest BCUT2D eigenvalue weighted by molar-refractivity contribution is 7.80. The van der Waals surface area contributed by atoms with Gasteiger partial charge in [0.05, 0.1) is 5.52 Å². The largest absolute Gasteiger partial charge is 0.361 e. The summed E-state index contributed by atoms with van der Waals surface area (Å²) in [5, 5.41) is 9.67. The number of fused-ring (bicyclic) bond motifs is 3. The third-order valence-corrected chi connectivity index (χ3v) is 5.22. The summed E-state index contributed by atoms with van der Waals surface area (Å²) in [4.78, 5) is 4.83. The average Bonchev–Trinajstić information content (AvgIpc) is 2.97. The maximum absolute atomic E-state index is 5.45.